The maximum Gasteiger partial charge on any atom is 0.253 e. The molecular weight excluding hydrogens is 259 g/mol. The van der Waals surface area contributed by atoms with Crippen molar-refractivity contribution in [3.8, 4) is 0 Å². The third kappa shape index (κ3) is 3.35. The second-order valence-electron chi connectivity index (χ2n) is 5.45. The lowest BCUT2D eigenvalue weighted by molar-refractivity contribution is 0.0344. The second kappa shape index (κ2) is 6.33. The molecule has 4 nitrogen and oxygen atoms in total. The van der Waals surface area contributed by atoms with Crippen molar-refractivity contribution < 1.29 is 14.3 Å². The molecule has 1 heterocycles. The summed E-state index contributed by atoms with van der Waals surface area (Å²) in [5, 5.41) is 9.96. The highest BCUT2D eigenvalue weighted by Crippen LogP contribution is 2.22. The zero-order valence-electron chi connectivity index (χ0n) is 11.6. The number of rotatable bonds is 3. The Morgan fingerprint density at radius 1 is 1.45 bits per heavy atom. The van der Waals surface area contributed by atoms with E-state index in [1.165, 1.54) is 24.3 Å². The van der Waals surface area contributed by atoms with Gasteiger partial charge in [-0.15, -0.1) is 0 Å². The molecule has 0 bridgehead atoms. The van der Waals surface area contributed by atoms with E-state index in [9.17, 15) is 14.3 Å². The van der Waals surface area contributed by atoms with Gasteiger partial charge in [0, 0.05) is 30.6 Å². The van der Waals surface area contributed by atoms with Crippen molar-refractivity contribution in [3.63, 3.8) is 0 Å². The molecule has 1 aliphatic rings. The van der Waals surface area contributed by atoms with E-state index in [2.05, 4.69) is 0 Å². The van der Waals surface area contributed by atoms with E-state index in [4.69, 9.17) is 5.73 Å². The number of carbonyl (C=O) groups is 1. The molecule has 20 heavy (non-hydrogen) atoms. The Kier molecular flexibility index (Phi) is 4.73. The molecule has 0 saturated carbocycles. The summed E-state index contributed by atoms with van der Waals surface area (Å²) >= 11 is 0. The van der Waals surface area contributed by atoms with Crippen LogP contribution in [0.4, 0.5) is 4.39 Å². The number of piperidine rings is 1. The Hall–Kier alpha value is -1.46. The summed E-state index contributed by atoms with van der Waals surface area (Å²) in [6, 6.07) is 5.37. The van der Waals surface area contributed by atoms with Gasteiger partial charge in [0.1, 0.15) is 5.82 Å². The van der Waals surface area contributed by atoms with E-state index in [0.717, 1.165) is 6.42 Å². The first-order chi connectivity index (χ1) is 9.51. The highest BCUT2D eigenvalue weighted by molar-refractivity contribution is 5.94. The minimum absolute atomic E-state index is 0.00754. The van der Waals surface area contributed by atoms with Gasteiger partial charge in [-0.25, -0.2) is 4.39 Å². The van der Waals surface area contributed by atoms with Gasteiger partial charge < -0.3 is 15.7 Å². The van der Waals surface area contributed by atoms with E-state index in [1.807, 2.05) is 6.92 Å². The van der Waals surface area contributed by atoms with Crippen LogP contribution in [0.1, 0.15) is 30.1 Å². The maximum atomic E-state index is 12.9. The summed E-state index contributed by atoms with van der Waals surface area (Å²) in [4.78, 5) is 14.0. The molecule has 3 N–H and O–H groups in total. The van der Waals surface area contributed by atoms with Gasteiger partial charge in [-0.2, -0.15) is 0 Å². The number of carbonyl (C=O) groups excluding carboxylic acids is 1. The molecule has 0 aromatic heterocycles. The fourth-order valence-electron chi connectivity index (χ4n) is 2.73. The van der Waals surface area contributed by atoms with E-state index in [-0.39, 0.29) is 23.7 Å². The summed E-state index contributed by atoms with van der Waals surface area (Å²) in [5.41, 5.74) is 6.43. The molecule has 1 fully saturated rings. The van der Waals surface area contributed by atoms with Crippen LogP contribution in [0.2, 0.25) is 0 Å². The molecule has 0 spiro atoms. The number of aliphatic hydroxyl groups excluding tert-OH is 1. The molecule has 0 radical (unpaired) electrons. The second-order valence-corrected chi connectivity index (χ2v) is 5.45. The highest BCUT2D eigenvalue weighted by Gasteiger charge is 2.31. The Balaban J connectivity index is 2.10. The highest BCUT2D eigenvalue weighted by atomic mass is 19.1. The molecule has 110 valence electrons. The fraction of sp³-hybridized carbons (Fsp3) is 0.533. The normalized spacial score (nSPS) is 24.5. The Bertz CT molecular complexity index is 463. The zero-order chi connectivity index (χ0) is 14.7. The van der Waals surface area contributed by atoms with Crippen LogP contribution >= 0.6 is 0 Å². The van der Waals surface area contributed by atoms with Gasteiger partial charge in [-0.3, -0.25) is 4.79 Å². The number of nitrogens with two attached hydrogens (primary N) is 1. The van der Waals surface area contributed by atoms with Gasteiger partial charge in [0.2, 0.25) is 0 Å². The topological polar surface area (TPSA) is 66.6 Å². The third-order valence-corrected chi connectivity index (χ3v) is 3.86. The number of amides is 1. The first-order valence-corrected chi connectivity index (χ1v) is 6.99. The molecule has 1 aromatic carbocycles. The van der Waals surface area contributed by atoms with Gasteiger partial charge in [-0.1, -0.05) is 6.92 Å². The predicted octanol–water partition coefficient (Wildman–Crippen LogP) is 1.39. The van der Waals surface area contributed by atoms with Crippen LogP contribution in [-0.4, -0.2) is 41.1 Å². The van der Waals surface area contributed by atoms with Crippen LogP contribution in [-0.2, 0) is 0 Å². The van der Waals surface area contributed by atoms with Crippen molar-refractivity contribution in [1.82, 2.24) is 4.90 Å². The number of likely N-dealkylation sites (tertiary alicyclic amines) is 1. The summed E-state index contributed by atoms with van der Waals surface area (Å²) in [6.07, 6.45) is 0.933. The van der Waals surface area contributed by atoms with E-state index < -0.39 is 6.10 Å². The number of aliphatic hydroxyl groups is 1. The largest absolute Gasteiger partial charge is 0.393 e. The molecule has 3 atom stereocenters. The zero-order valence-corrected chi connectivity index (χ0v) is 11.6. The van der Waals surface area contributed by atoms with Gasteiger partial charge in [0.25, 0.3) is 5.91 Å². The minimum atomic E-state index is -0.440. The van der Waals surface area contributed by atoms with Crippen molar-refractivity contribution >= 4 is 5.91 Å². The predicted molar refractivity (Wildman–Crippen MR) is 74.7 cm³/mol. The number of hydrogen-bond acceptors (Lipinski definition) is 3. The third-order valence-electron chi connectivity index (χ3n) is 3.86. The quantitative estimate of drug-likeness (QED) is 0.879. The van der Waals surface area contributed by atoms with Crippen LogP contribution in [0.15, 0.2) is 24.3 Å². The molecular formula is C15H21FN2O2. The van der Waals surface area contributed by atoms with Crippen molar-refractivity contribution in [2.24, 2.45) is 11.7 Å². The molecule has 1 aromatic rings. The average molecular weight is 280 g/mol. The minimum Gasteiger partial charge on any atom is -0.393 e. The number of halogens is 1. The average Bonchev–Trinajstić information content (AvgIpc) is 2.45. The first-order valence-electron chi connectivity index (χ1n) is 6.99. The Morgan fingerprint density at radius 2 is 2.10 bits per heavy atom. The van der Waals surface area contributed by atoms with Crippen LogP contribution in [0, 0.1) is 11.7 Å². The SMILES string of the molecule is CCC(O)C1CC(N)CN(C(=O)c2ccc(F)cc2)C1. The number of hydrogen-bond donors (Lipinski definition) is 2. The molecule has 1 saturated heterocycles. The number of benzene rings is 1. The number of nitrogens with zero attached hydrogens (tertiary/aromatic N) is 1. The lowest BCUT2D eigenvalue weighted by Gasteiger charge is -2.38. The van der Waals surface area contributed by atoms with Crippen LogP contribution in [0.3, 0.4) is 0 Å². The smallest absolute Gasteiger partial charge is 0.253 e. The van der Waals surface area contributed by atoms with Gasteiger partial charge in [0.15, 0.2) is 0 Å². The standard InChI is InChI=1S/C15H21FN2O2/c1-2-14(19)11-7-13(17)9-18(8-11)15(20)10-3-5-12(16)6-4-10/h3-6,11,13-14,19H,2,7-9,17H2,1H3. The van der Waals surface area contributed by atoms with E-state index >= 15 is 0 Å². The lowest BCUT2D eigenvalue weighted by Crippen LogP contribution is -2.51. The Labute approximate surface area is 118 Å². The molecule has 2 rings (SSSR count). The van der Waals surface area contributed by atoms with Crippen LogP contribution < -0.4 is 5.73 Å². The molecule has 5 heteroatoms. The van der Waals surface area contributed by atoms with Crippen molar-refractivity contribution in [2.45, 2.75) is 31.9 Å². The summed E-state index contributed by atoms with van der Waals surface area (Å²) in [7, 11) is 0. The van der Waals surface area contributed by atoms with Crippen LogP contribution in [0.5, 0.6) is 0 Å². The maximum absolute atomic E-state index is 12.9. The lowest BCUT2D eigenvalue weighted by atomic mass is 9.88. The van der Waals surface area contributed by atoms with Gasteiger partial charge in [-0.05, 0) is 37.1 Å². The molecule has 3 unspecified atom stereocenters. The monoisotopic (exact) mass is 280 g/mol. The van der Waals surface area contributed by atoms with E-state index in [1.54, 1.807) is 4.90 Å². The summed E-state index contributed by atoms with van der Waals surface area (Å²) in [5.74, 6) is -0.516. The van der Waals surface area contributed by atoms with Gasteiger partial charge >= 0.3 is 0 Å². The van der Waals surface area contributed by atoms with E-state index in [0.29, 0.717) is 25.1 Å². The van der Waals surface area contributed by atoms with Gasteiger partial charge in [0.05, 0.1) is 6.10 Å². The van der Waals surface area contributed by atoms with Crippen molar-refractivity contribution in [2.75, 3.05) is 13.1 Å². The van der Waals surface area contributed by atoms with Crippen molar-refractivity contribution in [1.29, 1.82) is 0 Å². The summed E-state index contributed by atoms with van der Waals surface area (Å²) in [6.45, 7) is 2.89. The Morgan fingerprint density at radius 3 is 2.70 bits per heavy atom. The van der Waals surface area contributed by atoms with Crippen LogP contribution in [0.25, 0.3) is 0 Å². The molecule has 0 aliphatic carbocycles. The van der Waals surface area contributed by atoms with Crippen molar-refractivity contribution in [3.05, 3.63) is 35.6 Å². The first kappa shape index (κ1) is 14.9. The summed E-state index contributed by atoms with van der Waals surface area (Å²) < 4.78 is 12.9. The molecule has 1 aliphatic heterocycles. The molecule has 1 amide bonds. The fourth-order valence-corrected chi connectivity index (χ4v) is 2.73.